The molecule has 0 bridgehead atoms. The number of hydrogen-bond donors (Lipinski definition) is 3. The molecule has 4 rings (SSSR count). The number of nitrogens with zero attached hydrogens (tertiary/aromatic N) is 2. The summed E-state index contributed by atoms with van der Waals surface area (Å²) in [6.07, 6.45) is 4.61. The third kappa shape index (κ3) is 4.75. The molecule has 0 radical (unpaired) electrons. The highest BCUT2D eigenvalue weighted by atomic mass is 35.5. The molecule has 0 unspecified atom stereocenters. The maximum Gasteiger partial charge on any atom is 0.250 e. The standard InChI is InChI=1S/C21H23N5O2.ClH/c22-21(28)18-5-1-4-15-13-26(25-20(15)18)17-8-6-16(7-9-17)24-19(27)11-14-3-2-10-23-12-14;/h1,4-9,13-14,23H,2-3,10-12H2,(H2,22,28)(H,24,27);1H/t14-;/m1./s1. The third-order valence-corrected chi connectivity index (χ3v) is 5.09. The number of hydrogen-bond acceptors (Lipinski definition) is 4. The van der Waals surface area contributed by atoms with Crippen LogP contribution in [0.5, 0.6) is 0 Å². The summed E-state index contributed by atoms with van der Waals surface area (Å²) >= 11 is 0. The Kier molecular flexibility index (Phi) is 6.51. The molecule has 1 atom stereocenters. The molecule has 8 heteroatoms. The number of carbonyl (C=O) groups is 2. The molecule has 0 saturated carbocycles. The molecule has 2 aromatic carbocycles. The quantitative estimate of drug-likeness (QED) is 0.598. The van der Waals surface area contributed by atoms with E-state index in [0.29, 0.717) is 23.4 Å². The van der Waals surface area contributed by atoms with Crippen LogP contribution >= 0.6 is 12.4 Å². The van der Waals surface area contributed by atoms with Crippen LogP contribution in [0.15, 0.2) is 48.7 Å². The van der Waals surface area contributed by atoms with Crippen molar-refractivity contribution >= 4 is 40.8 Å². The van der Waals surface area contributed by atoms with Gasteiger partial charge in [-0.05, 0) is 62.2 Å². The summed E-state index contributed by atoms with van der Waals surface area (Å²) in [5.41, 5.74) is 8.00. The van der Waals surface area contributed by atoms with Gasteiger partial charge in [-0.1, -0.05) is 12.1 Å². The van der Waals surface area contributed by atoms with Crippen LogP contribution in [0, 0.1) is 5.92 Å². The van der Waals surface area contributed by atoms with E-state index in [1.165, 1.54) is 0 Å². The lowest BCUT2D eigenvalue weighted by molar-refractivity contribution is -0.117. The van der Waals surface area contributed by atoms with Crippen LogP contribution in [0.4, 0.5) is 5.69 Å². The molecule has 1 aromatic heterocycles. The van der Waals surface area contributed by atoms with Gasteiger partial charge in [-0.3, -0.25) is 9.59 Å². The molecule has 0 aliphatic carbocycles. The summed E-state index contributed by atoms with van der Waals surface area (Å²) in [5.74, 6) is -0.0524. The number of amides is 2. The van der Waals surface area contributed by atoms with Crippen molar-refractivity contribution in [2.24, 2.45) is 11.7 Å². The van der Waals surface area contributed by atoms with Crippen molar-refractivity contribution in [3.05, 3.63) is 54.2 Å². The lowest BCUT2D eigenvalue weighted by atomic mass is 9.96. The Morgan fingerprint density at radius 2 is 2.00 bits per heavy atom. The molecular weight excluding hydrogens is 390 g/mol. The number of nitrogens with one attached hydrogen (secondary N) is 2. The third-order valence-electron chi connectivity index (χ3n) is 5.09. The van der Waals surface area contributed by atoms with Crippen LogP contribution in [0.3, 0.4) is 0 Å². The number of nitrogens with two attached hydrogens (primary N) is 1. The van der Waals surface area contributed by atoms with E-state index in [2.05, 4.69) is 15.7 Å². The van der Waals surface area contributed by atoms with E-state index in [9.17, 15) is 9.59 Å². The van der Waals surface area contributed by atoms with Crippen LogP contribution in [0.2, 0.25) is 0 Å². The first kappa shape index (κ1) is 20.8. The molecule has 2 heterocycles. The van der Waals surface area contributed by atoms with E-state index in [0.717, 1.165) is 42.7 Å². The SMILES string of the molecule is Cl.NC(=O)c1cccc2cn(-c3ccc(NC(=O)C[C@H]4CCCNC4)cc3)nc12. The van der Waals surface area contributed by atoms with Crippen molar-refractivity contribution in [1.29, 1.82) is 0 Å². The van der Waals surface area contributed by atoms with Gasteiger partial charge in [-0.2, -0.15) is 5.10 Å². The molecule has 29 heavy (non-hydrogen) atoms. The zero-order valence-electron chi connectivity index (χ0n) is 15.9. The number of benzene rings is 2. The highest BCUT2D eigenvalue weighted by Gasteiger charge is 2.17. The maximum atomic E-state index is 12.3. The maximum absolute atomic E-state index is 12.3. The number of primary amides is 1. The molecule has 1 fully saturated rings. The van der Waals surface area contributed by atoms with Gasteiger partial charge in [0.05, 0.1) is 11.3 Å². The zero-order valence-corrected chi connectivity index (χ0v) is 16.7. The smallest absolute Gasteiger partial charge is 0.250 e. The van der Waals surface area contributed by atoms with Crippen molar-refractivity contribution in [3.63, 3.8) is 0 Å². The van der Waals surface area contributed by atoms with Crippen LogP contribution in [0.25, 0.3) is 16.6 Å². The molecular formula is C21H24ClN5O2. The second-order valence-corrected chi connectivity index (χ2v) is 7.19. The predicted molar refractivity (Wildman–Crippen MR) is 116 cm³/mol. The largest absolute Gasteiger partial charge is 0.366 e. The summed E-state index contributed by atoms with van der Waals surface area (Å²) < 4.78 is 1.70. The molecule has 1 aliphatic rings. The van der Waals surface area contributed by atoms with E-state index in [4.69, 9.17) is 5.73 Å². The number of halogens is 1. The fourth-order valence-electron chi connectivity index (χ4n) is 3.65. The lowest BCUT2D eigenvalue weighted by Crippen LogP contribution is -2.32. The average Bonchev–Trinajstić information content (AvgIpc) is 3.13. The lowest BCUT2D eigenvalue weighted by Gasteiger charge is -2.22. The topological polar surface area (TPSA) is 102 Å². The van der Waals surface area contributed by atoms with Gasteiger partial charge >= 0.3 is 0 Å². The van der Waals surface area contributed by atoms with Crippen molar-refractivity contribution in [1.82, 2.24) is 15.1 Å². The number of piperidine rings is 1. The van der Waals surface area contributed by atoms with Gasteiger partial charge in [0, 0.05) is 23.7 Å². The van der Waals surface area contributed by atoms with Gasteiger partial charge in [0.15, 0.2) is 0 Å². The van der Waals surface area contributed by atoms with Gasteiger partial charge in [-0.25, -0.2) is 4.68 Å². The second-order valence-electron chi connectivity index (χ2n) is 7.19. The second kappa shape index (κ2) is 9.07. The molecule has 7 nitrogen and oxygen atoms in total. The van der Waals surface area contributed by atoms with Crippen molar-refractivity contribution in [2.75, 3.05) is 18.4 Å². The molecule has 152 valence electrons. The Morgan fingerprint density at radius 1 is 1.21 bits per heavy atom. The summed E-state index contributed by atoms with van der Waals surface area (Å²) in [5, 5.41) is 11.6. The van der Waals surface area contributed by atoms with Gasteiger partial charge in [0.2, 0.25) is 5.91 Å². The Bertz CT molecular complexity index is 1010. The fraction of sp³-hybridized carbons (Fsp3) is 0.286. The van der Waals surface area contributed by atoms with E-state index >= 15 is 0 Å². The number of fused-ring (bicyclic) bond motifs is 1. The number of rotatable bonds is 5. The van der Waals surface area contributed by atoms with E-state index in [-0.39, 0.29) is 18.3 Å². The summed E-state index contributed by atoms with van der Waals surface area (Å²) in [4.78, 5) is 23.8. The predicted octanol–water partition coefficient (Wildman–Crippen LogP) is 2.87. The Hall–Kier alpha value is -2.90. The first-order chi connectivity index (χ1) is 13.6. The first-order valence-corrected chi connectivity index (χ1v) is 9.49. The Balaban J connectivity index is 0.00000240. The van der Waals surface area contributed by atoms with Gasteiger partial charge in [-0.15, -0.1) is 12.4 Å². The van der Waals surface area contributed by atoms with E-state index in [1.54, 1.807) is 16.8 Å². The van der Waals surface area contributed by atoms with Gasteiger partial charge in [0.25, 0.3) is 5.91 Å². The highest BCUT2D eigenvalue weighted by molar-refractivity contribution is 6.04. The minimum absolute atomic E-state index is 0. The molecule has 2 amide bonds. The molecule has 3 aromatic rings. The number of anilines is 1. The van der Waals surface area contributed by atoms with Crippen molar-refractivity contribution < 1.29 is 9.59 Å². The zero-order chi connectivity index (χ0) is 19.5. The number of carbonyl (C=O) groups excluding carboxylic acids is 2. The van der Waals surface area contributed by atoms with E-state index in [1.807, 2.05) is 36.5 Å². The van der Waals surface area contributed by atoms with Gasteiger partial charge < -0.3 is 16.4 Å². The van der Waals surface area contributed by atoms with Crippen molar-refractivity contribution in [3.8, 4) is 5.69 Å². The first-order valence-electron chi connectivity index (χ1n) is 9.49. The minimum Gasteiger partial charge on any atom is -0.366 e. The van der Waals surface area contributed by atoms with Crippen LogP contribution < -0.4 is 16.4 Å². The van der Waals surface area contributed by atoms with Gasteiger partial charge in [0.1, 0.15) is 5.52 Å². The molecule has 4 N–H and O–H groups in total. The molecule has 1 saturated heterocycles. The van der Waals surface area contributed by atoms with Crippen LogP contribution in [-0.4, -0.2) is 34.7 Å². The highest BCUT2D eigenvalue weighted by Crippen LogP contribution is 2.21. The monoisotopic (exact) mass is 413 g/mol. The van der Waals surface area contributed by atoms with Crippen LogP contribution in [-0.2, 0) is 4.79 Å². The Morgan fingerprint density at radius 3 is 2.69 bits per heavy atom. The number of aromatic nitrogens is 2. The molecule has 1 aliphatic heterocycles. The summed E-state index contributed by atoms with van der Waals surface area (Å²) in [7, 11) is 0. The fourth-order valence-corrected chi connectivity index (χ4v) is 3.65. The average molecular weight is 414 g/mol. The Labute approximate surface area is 175 Å². The normalized spacial score (nSPS) is 16.2. The molecule has 0 spiro atoms. The summed E-state index contributed by atoms with van der Waals surface area (Å²) in [6, 6.07) is 12.8. The van der Waals surface area contributed by atoms with E-state index < -0.39 is 5.91 Å². The summed E-state index contributed by atoms with van der Waals surface area (Å²) in [6.45, 7) is 1.95. The van der Waals surface area contributed by atoms with Crippen LogP contribution in [0.1, 0.15) is 29.6 Å². The minimum atomic E-state index is -0.498. The van der Waals surface area contributed by atoms with Crippen molar-refractivity contribution in [2.45, 2.75) is 19.3 Å².